The monoisotopic (exact) mass is 380 g/mol. The molecule has 0 amide bonds. The molecule has 0 saturated carbocycles. The first-order valence-corrected chi connectivity index (χ1v) is 9.62. The molecule has 3 aromatic rings. The van der Waals surface area contributed by atoms with Crippen LogP contribution in [0.15, 0.2) is 53.7 Å². The van der Waals surface area contributed by atoms with Gasteiger partial charge in [0.05, 0.1) is 7.11 Å². The van der Waals surface area contributed by atoms with Crippen molar-refractivity contribution in [2.45, 2.75) is 26.3 Å². The highest BCUT2D eigenvalue weighted by Crippen LogP contribution is 2.12. The van der Waals surface area contributed by atoms with Gasteiger partial charge >= 0.3 is 0 Å². The van der Waals surface area contributed by atoms with Crippen LogP contribution in [-0.4, -0.2) is 52.7 Å². The molecule has 0 saturated heterocycles. The van der Waals surface area contributed by atoms with Gasteiger partial charge in [0.1, 0.15) is 11.6 Å². The number of nitrogens with zero attached hydrogens (tertiary/aromatic N) is 5. The Morgan fingerprint density at radius 3 is 2.75 bits per heavy atom. The Morgan fingerprint density at radius 1 is 1.18 bits per heavy atom. The summed E-state index contributed by atoms with van der Waals surface area (Å²) in [5.74, 6) is 2.75. The zero-order valence-electron chi connectivity index (χ0n) is 16.8. The van der Waals surface area contributed by atoms with Crippen molar-refractivity contribution in [3.05, 3.63) is 60.0 Å². The van der Waals surface area contributed by atoms with Crippen LogP contribution >= 0.6 is 0 Å². The number of hydrogen-bond donors (Lipinski definition) is 1. The molecule has 2 heterocycles. The number of aryl methyl sites for hydroxylation is 1. The molecule has 0 fully saturated rings. The van der Waals surface area contributed by atoms with E-state index in [0.717, 1.165) is 55.7 Å². The average molecular weight is 380 g/mol. The van der Waals surface area contributed by atoms with E-state index in [9.17, 15) is 0 Å². The number of fused-ring (bicyclic) bond motifs is 1. The van der Waals surface area contributed by atoms with E-state index in [1.807, 2.05) is 40.9 Å². The molecule has 0 aliphatic carbocycles. The fraction of sp³-hybridized carbons (Fsp3) is 0.381. The smallest absolute Gasteiger partial charge is 0.193 e. The van der Waals surface area contributed by atoms with Gasteiger partial charge in [0.25, 0.3) is 0 Å². The molecule has 7 nitrogen and oxygen atoms in total. The highest BCUT2D eigenvalue weighted by molar-refractivity contribution is 5.79. The number of methoxy groups -OCH3 is 1. The second-order valence-corrected chi connectivity index (χ2v) is 6.59. The van der Waals surface area contributed by atoms with Crippen molar-refractivity contribution in [2.75, 3.05) is 27.2 Å². The molecule has 0 aliphatic rings. The van der Waals surface area contributed by atoms with Gasteiger partial charge in [-0.05, 0) is 43.2 Å². The molecule has 1 N–H and O–H groups in total. The van der Waals surface area contributed by atoms with Gasteiger partial charge in [-0.25, -0.2) is 0 Å². The van der Waals surface area contributed by atoms with E-state index in [0.29, 0.717) is 0 Å². The van der Waals surface area contributed by atoms with Gasteiger partial charge in [0, 0.05) is 39.3 Å². The van der Waals surface area contributed by atoms with Crippen molar-refractivity contribution in [3.63, 3.8) is 0 Å². The molecule has 28 heavy (non-hydrogen) atoms. The average Bonchev–Trinajstić information content (AvgIpc) is 3.14. The van der Waals surface area contributed by atoms with E-state index in [-0.39, 0.29) is 0 Å². The number of aromatic nitrogens is 3. The van der Waals surface area contributed by atoms with Crippen LogP contribution in [0.3, 0.4) is 0 Å². The molecule has 0 radical (unpaired) electrons. The molecule has 3 rings (SSSR count). The minimum absolute atomic E-state index is 0.733. The highest BCUT2D eigenvalue weighted by atomic mass is 16.5. The largest absolute Gasteiger partial charge is 0.497 e. The first-order valence-electron chi connectivity index (χ1n) is 9.62. The van der Waals surface area contributed by atoms with E-state index >= 15 is 0 Å². The lowest BCUT2D eigenvalue weighted by molar-refractivity contribution is 0.414. The van der Waals surface area contributed by atoms with E-state index < -0.39 is 0 Å². The maximum Gasteiger partial charge on any atom is 0.193 e. The predicted molar refractivity (Wildman–Crippen MR) is 112 cm³/mol. The maximum absolute atomic E-state index is 5.22. The fourth-order valence-corrected chi connectivity index (χ4v) is 3.03. The first kappa shape index (κ1) is 19.7. The van der Waals surface area contributed by atoms with Gasteiger partial charge < -0.3 is 15.0 Å². The summed E-state index contributed by atoms with van der Waals surface area (Å²) in [7, 11) is 3.73. The van der Waals surface area contributed by atoms with Crippen molar-refractivity contribution in [1.29, 1.82) is 0 Å². The summed E-state index contributed by atoms with van der Waals surface area (Å²) in [6, 6.07) is 14.1. The van der Waals surface area contributed by atoms with Gasteiger partial charge in [0.15, 0.2) is 11.6 Å². The SMILES string of the molecule is CCNC(=NCCCc1nnc2ccccn12)N(C)Cc1ccc(OC)cc1. The lowest BCUT2D eigenvalue weighted by Crippen LogP contribution is -2.38. The van der Waals surface area contributed by atoms with Crippen LogP contribution in [0.4, 0.5) is 0 Å². The third kappa shape index (κ3) is 5.00. The molecular weight excluding hydrogens is 352 g/mol. The van der Waals surface area contributed by atoms with Crippen LogP contribution in [0, 0.1) is 0 Å². The number of aliphatic imine (C=N–C) groups is 1. The molecule has 0 aliphatic heterocycles. The van der Waals surface area contributed by atoms with Gasteiger partial charge in [0.2, 0.25) is 0 Å². The molecule has 7 heteroatoms. The summed E-state index contributed by atoms with van der Waals surface area (Å²) >= 11 is 0. The second kappa shape index (κ2) is 9.73. The minimum atomic E-state index is 0.733. The number of benzene rings is 1. The molecule has 148 valence electrons. The van der Waals surface area contributed by atoms with Crippen LogP contribution in [-0.2, 0) is 13.0 Å². The third-order valence-electron chi connectivity index (χ3n) is 4.48. The van der Waals surface area contributed by atoms with Crippen molar-refractivity contribution >= 4 is 11.6 Å². The number of rotatable bonds is 8. The Bertz CT molecular complexity index is 903. The Balaban J connectivity index is 1.56. The van der Waals surface area contributed by atoms with Crippen molar-refractivity contribution in [2.24, 2.45) is 4.99 Å². The van der Waals surface area contributed by atoms with Gasteiger partial charge in [-0.15, -0.1) is 10.2 Å². The molecular formula is C21H28N6O. The van der Waals surface area contributed by atoms with Crippen LogP contribution < -0.4 is 10.1 Å². The van der Waals surface area contributed by atoms with Crippen molar-refractivity contribution in [3.8, 4) is 5.75 Å². The van der Waals surface area contributed by atoms with E-state index in [1.54, 1.807) is 7.11 Å². The molecule has 0 spiro atoms. The topological polar surface area (TPSA) is 67.0 Å². The van der Waals surface area contributed by atoms with Crippen molar-refractivity contribution in [1.82, 2.24) is 24.8 Å². The predicted octanol–water partition coefficient (Wildman–Crippen LogP) is 2.77. The van der Waals surface area contributed by atoms with Crippen molar-refractivity contribution < 1.29 is 4.74 Å². The second-order valence-electron chi connectivity index (χ2n) is 6.59. The standard InChI is InChI=1S/C21H28N6O/c1-4-22-21(26(2)16-17-10-12-18(28-3)13-11-17)23-14-7-9-20-25-24-19-8-5-6-15-27(19)20/h5-6,8,10-13,15H,4,7,9,14,16H2,1-3H3,(H,22,23). The number of hydrogen-bond acceptors (Lipinski definition) is 4. The zero-order valence-corrected chi connectivity index (χ0v) is 16.8. The maximum atomic E-state index is 5.22. The summed E-state index contributed by atoms with van der Waals surface area (Å²) in [6.45, 7) is 4.43. The number of nitrogens with one attached hydrogen (secondary N) is 1. The lowest BCUT2D eigenvalue weighted by Gasteiger charge is -2.22. The number of pyridine rings is 1. The quantitative estimate of drug-likeness (QED) is 0.370. The normalized spacial score (nSPS) is 11.6. The molecule has 2 aromatic heterocycles. The minimum Gasteiger partial charge on any atom is -0.497 e. The van der Waals surface area contributed by atoms with Gasteiger partial charge in [-0.3, -0.25) is 9.39 Å². The van der Waals surface area contributed by atoms with Crippen LogP contribution in [0.5, 0.6) is 5.75 Å². The summed E-state index contributed by atoms with van der Waals surface area (Å²) in [5, 5.41) is 11.8. The molecule has 1 aromatic carbocycles. The lowest BCUT2D eigenvalue weighted by atomic mass is 10.2. The Labute approximate surface area is 166 Å². The van der Waals surface area contributed by atoms with Gasteiger partial charge in [-0.1, -0.05) is 18.2 Å². The molecule has 0 atom stereocenters. The van der Waals surface area contributed by atoms with E-state index in [1.165, 1.54) is 5.56 Å². The summed E-state index contributed by atoms with van der Waals surface area (Å²) in [6.07, 6.45) is 3.76. The molecule has 0 bridgehead atoms. The Morgan fingerprint density at radius 2 is 2.00 bits per heavy atom. The zero-order chi connectivity index (χ0) is 19.8. The van der Waals surface area contributed by atoms with E-state index in [2.05, 4.69) is 46.5 Å². The fourth-order valence-electron chi connectivity index (χ4n) is 3.03. The summed E-state index contributed by atoms with van der Waals surface area (Å²) < 4.78 is 7.25. The van der Waals surface area contributed by atoms with Crippen LogP contribution in [0.1, 0.15) is 24.7 Å². The van der Waals surface area contributed by atoms with Crippen LogP contribution in [0.2, 0.25) is 0 Å². The number of ether oxygens (including phenoxy) is 1. The third-order valence-corrected chi connectivity index (χ3v) is 4.48. The highest BCUT2D eigenvalue weighted by Gasteiger charge is 2.08. The Kier molecular flexibility index (Phi) is 6.84. The van der Waals surface area contributed by atoms with E-state index in [4.69, 9.17) is 9.73 Å². The number of guanidine groups is 1. The molecule has 0 unspecified atom stereocenters. The summed E-state index contributed by atoms with van der Waals surface area (Å²) in [4.78, 5) is 6.91. The van der Waals surface area contributed by atoms with Gasteiger partial charge in [-0.2, -0.15) is 0 Å². The first-order chi connectivity index (χ1) is 13.7. The van der Waals surface area contributed by atoms with Crippen LogP contribution in [0.25, 0.3) is 5.65 Å². The summed E-state index contributed by atoms with van der Waals surface area (Å²) in [5.41, 5.74) is 2.09. The Hall–Kier alpha value is -3.09.